The summed E-state index contributed by atoms with van der Waals surface area (Å²) in [5.74, 6) is 0.485. The zero-order chi connectivity index (χ0) is 23.5. The highest BCUT2D eigenvalue weighted by Gasteiger charge is 2.28. The van der Waals surface area contributed by atoms with Crippen LogP contribution in [0.5, 0.6) is 17.2 Å². The first-order valence-corrected chi connectivity index (χ1v) is 10.7. The SMILES string of the molecule is COc1ccccc1C(=O)Oc1ccc2c(c1)O/C(=C\c1ccc(-c3ccccc3)cc1)C2=O. The summed E-state index contributed by atoms with van der Waals surface area (Å²) in [6.07, 6.45) is 1.71. The first-order valence-electron chi connectivity index (χ1n) is 10.7. The van der Waals surface area contributed by atoms with Crippen molar-refractivity contribution in [1.29, 1.82) is 0 Å². The largest absolute Gasteiger partial charge is 0.496 e. The summed E-state index contributed by atoms with van der Waals surface area (Å²) in [7, 11) is 1.49. The monoisotopic (exact) mass is 448 g/mol. The molecular weight excluding hydrogens is 428 g/mol. The number of rotatable bonds is 5. The highest BCUT2D eigenvalue weighted by molar-refractivity contribution is 6.14. The van der Waals surface area contributed by atoms with Crippen LogP contribution in [0.2, 0.25) is 0 Å². The van der Waals surface area contributed by atoms with Crippen LogP contribution >= 0.6 is 0 Å². The number of allylic oxidation sites excluding steroid dienone is 1. The van der Waals surface area contributed by atoms with Gasteiger partial charge >= 0.3 is 5.97 Å². The number of hydrogen-bond donors (Lipinski definition) is 0. The number of carbonyl (C=O) groups is 2. The van der Waals surface area contributed by atoms with Crippen LogP contribution in [0.15, 0.2) is 103 Å². The van der Waals surface area contributed by atoms with Gasteiger partial charge in [-0.1, -0.05) is 66.7 Å². The van der Waals surface area contributed by atoms with Gasteiger partial charge in [-0.2, -0.15) is 0 Å². The molecule has 0 saturated carbocycles. The van der Waals surface area contributed by atoms with Gasteiger partial charge in [0, 0.05) is 6.07 Å². The van der Waals surface area contributed by atoms with Crippen molar-refractivity contribution in [2.45, 2.75) is 0 Å². The molecule has 0 unspecified atom stereocenters. The van der Waals surface area contributed by atoms with Gasteiger partial charge in [-0.15, -0.1) is 0 Å². The van der Waals surface area contributed by atoms with Crippen molar-refractivity contribution in [2.75, 3.05) is 7.11 Å². The first-order chi connectivity index (χ1) is 16.6. The maximum Gasteiger partial charge on any atom is 0.347 e. The average molecular weight is 448 g/mol. The number of carbonyl (C=O) groups excluding carboxylic acids is 2. The molecule has 0 atom stereocenters. The molecule has 0 amide bonds. The smallest absolute Gasteiger partial charge is 0.347 e. The molecule has 0 aromatic heterocycles. The van der Waals surface area contributed by atoms with E-state index in [1.54, 1.807) is 48.5 Å². The molecule has 0 radical (unpaired) electrons. The number of hydrogen-bond acceptors (Lipinski definition) is 5. The van der Waals surface area contributed by atoms with Gasteiger partial charge in [0.1, 0.15) is 22.8 Å². The van der Waals surface area contributed by atoms with Crippen LogP contribution < -0.4 is 14.2 Å². The van der Waals surface area contributed by atoms with Crippen LogP contribution in [0.1, 0.15) is 26.3 Å². The quantitative estimate of drug-likeness (QED) is 0.207. The van der Waals surface area contributed by atoms with Gasteiger partial charge in [-0.25, -0.2) is 4.79 Å². The summed E-state index contributed by atoms with van der Waals surface area (Å²) in [4.78, 5) is 25.4. The molecule has 5 heteroatoms. The number of methoxy groups -OCH3 is 1. The number of benzene rings is 4. The third kappa shape index (κ3) is 4.19. The molecule has 0 aliphatic carbocycles. The molecular formula is C29H20O5. The van der Waals surface area contributed by atoms with E-state index in [2.05, 4.69) is 0 Å². The Bertz CT molecular complexity index is 1400. The number of fused-ring (bicyclic) bond motifs is 1. The van der Waals surface area contributed by atoms with Crippen molar-refractivity contribution in [3.63, 3.8) is 0 Å². The summed E-state index contributed by atoms with van der Waals surface area (Å²) < 4.78 is 16.5. The van der Waals surface area contributed by atoms with Crippen LogP contribution in [0.4, 0.5) is 0 Å². The highest BCUT2D eigenvalue weighted by Crippen LogP contribution is 2.35. The van der Waals surface area contributed by atoms with E-state index in [-0.39, 0.29) is 17.3 Å². The van der Waals surface area contributed by atoms with Crippen LogP contribution in [0.3, 0.4) is 0 Å². The van der Waals surface area contributed by atoms with Gasteiger partial charge < -0.3 is 14.2 Å². The number of ketones is 1. The second-order valence-electron chi connectivity index (χ2n) is 7.68. The summed E-state index contributed by atoms with van der Waals surface area (Å²) in [6.45, 7) is 0. The van der Waals surface area contributed by atoms with Crippen molar-refractivity contribution in [1.82, 2.24) is 0 Å². The molecule has 4 aromatic carbocycles. The third-order valence-electron chi connectivity index (χ3n) is 5.49. The minimum absolute atomic E-state index is 0.218. The molecule has 1 aliphatic heterocycles. The van der Waals surface area contributed by atoms with E-state index < -0.39 is 5.97 Å². The Morgan fingerprint density at radius 3 is 2.29 bits per heavy atom. The van der Waals surface area contributed by atoms with E-state index in [4.69, 9.17) is 14.2 Å². The zero-order valence-corrected chi connectivity index (χ0v) is 18.4. The lowest BCUT2D eigenvalue weighted by atomic mass is 10.0. The Balaban J connectivity index is 1.34. The minimum atomic E-state index is -0.559. The van der Waals surface area contributed by atoms with Crippen LogP contribution in [0, 0.1) is 0 Å². The fraction of sp³-hybridized carbons (Fsp3) is 0.0345. The Labute approximate surface area is 196 Å². The predicted molar refractivity (Wildman–Crippen MR) is 129 cm³/mol. The Hall–Kier alpha value is -4.64. The van der Waals surface area contributed by atoms with Crippen molar-refractivity contribution >= 4 is 17.8 Å². The normalized spacial score (nSPS) is 13.3. The average Bonchev–Trinajstić information content (AvgIpc) is 3.19. The lowest BCUT2D eigenvalue weighted by Crippen LogP contribution is -2.10. The first kappa shape index (κ1) is 21.2. The second kappa shape index (κ2) is 9.08. The molecule has 0 spiro atoms. The highest BCUT2D eigenvalue weighted by atomic mass is 16.5. The van der Waals surface area contributed by atoms with Gasteiger partial charge in [-0.3, -0.25) is 4.79 Å². The Morgan fingerprint density at radius 1 is 0.824 bits per heavy atom. The van der Waals surface area contributed by atoms with Crippen molar-refractivity contribution < 1.29 is 23.8 Å². The van der Waals surface area contributed by atoms with Crippen molar-refractivity contribution in [2.24, 2.45) is 0 Å². The van der Waals surface area contributed by atoms with Crippen LogP contribution in [0.25, 0.3) is 17.2 Å². The van der Waals surface area contributed by atoms with Crippen molar-refractivity contribution in [3.8, 4) is 28.4 Å². The standard InChI is InChI=1S/C29H20O5/c1-32-25-10-6-5-9-24(25)29(31)33-22-15-16-23-26(18-22)34-27(28(23)30)17-19-11-13-21(14-12-19)20-7-3-2-4-8-20/h2-18H,1H3/b27-17-. The third-order valence-corrected chi connectivity index (χ3v) is 5.49. The van der Waals surface area contributed by atoms with Crippen LogP contribution in [-0.2, 0) is 0 Å². The molecule has 1 heterocycles. The minimum Gasteiger partial charge on any atom is -0.496 e. The fourth-order valence-electron chi connectivity index (χ4n) is 3.76. The van der Waals surface area contributed by atoms with E-state index in [1.165, 1.54) is 7.11 Å². The van der Waals surface area contributed by atoms with E-state index >= 15 is 0 Å². The van der Waals surface area contributed by atoms with Gasteiger partial charge in [-0.05, 0) is 47.0 Å². The maximum atomic E-state index is 12.8. The lowest BCUT2D eigenvalue weighted by Gasteiger charge is -2.08. The molecule has 0 fully saturated rings. The lowest BCUT2D eigenvalue weighted by molar-refractivity contribution is 0.0731. The molecule has 166 valence electrons. The summed E-state index contributed by atoms with van der Waals surface area (Å²) in [6, 6.07) is 29.5. The van der Waals surface area contributed by atoms with Gasteiger partial charge in [0.25, 0.3) is 0 Å². The molecule has 0 saturated heterocycles. The predicted octanol–water partition coefficient (Wildman–Crippen LogP) is 6.20. The molecule has 5 rings (SSSR count). The maximum absolute atomic E-state index is 12.8. The summed E-state index contributed by atoms with van der Waals surface area (Å²) in [5.41, 5.74) is 3.79. The van der Waals surface area contributed by atoms with E-state index in [9.17, 15) is 9.59 Å². The van der Waals surface area contributed by atoms with E-state index in [0.717, 1.165) is 16.7 Å². The molecule has 5 nitrogen and oxygen atoms in total. The topological polar surface area (TPSA) is 61.8 Å². The number of Topliss-reactive ketones (excluding diaryl/α,β-unsaturated/α-hetero) is 1. The van der Waals surface area contributed by atoms with E-state index in [1.807, 2.05) is 54.6 Å². The molecule has 34 heavy (non-hydrogen) atoms. The number of para-hydroxylation sites is 1. The second-order valence-corrected chi connectivity index (χ2v) is 7.68. The molecule has 4 aromatic rings. The number of ether oxygens (including phenoxy) is 3. The van der Waals surface area contributed by atoms with Crippen LogP contribution in [-0.4, -0.2) is 18.9 Å². The molecule has 1 aliphatic rings. The van der Waals surface area contributed by atoms with Gasteiger partial charge in [0.05, 0.1) is 12.7 Å². The van der Waals surface area contributed by atoms with Gasteiger partial charge in [0.15, 0.2) is 5.76 Å². The Kier molecular flexibility index (Phi) is 5.67. The van der Waals surface area contributed by atoms with Crippen molar-refractivity contribution in [3.05, 3.63) is 120 Å². The molecule has 0 bridgehead atoms. The number of esters is 1. The Morgan fingerprint density at radius 2 is 1.53 bits per heavy atom. The molecule has 0 N–H and O–H groups in total. The zero-order valence-electron chi connectivity index (χ0n) is 18.4. The summed E-state index contributed by atoms with van der Waals surface area (Å²) >= 11 is 0. The fourth-order valence-corrected chi connectivity index (χ4v) is 3.76. The van der Waals surface area contributed by atoms with Gasteiger partial charge in [0.2, 0.25) is 5.78 Å². The van der Waals surface area contributed by atoms with E-state index in [0.29, 0.717) is 22.6 Å². The summed E-state index contributed by atoms with van der Waals surface area (Å²) in [5, 5.41) is 0.